The molecule has 0 atom stereocenters. The zero-order valence-electron chi connectivity index (χ0n) is 11.2. The lowest BCUT2D eigenvalue weighted by Crippen LogP contribution is -2.14. The summed E-state index contributed by atoms with van der Waals surface area (Å²) in [5.41, 5.74) is 5.84. The Kier molecular flexibility index (Phi) is 3.43. The third-order valence-corrected chi connectivity index (χ3v) is 3.06. The summed E-state index contributed by atoms with van der Waals surface area (Å²) in [6, 6.07) is 7.17. The van der Waals surface area contributed by atoms with Gasteiger partial charge in [-0.05, 0) is 25.0 Å². The first-order valence-electron chi connectivity index (χ1n) is 6.61. The lowest BCUT2D eigenvalue weighted by Gasteiger charge is -2.08. The number of hydrogen-bond donors (Lipinski definition) is 2. The van der Waals surface area contributed by atoms with Crippen LogP contribution < -0.4 is 15.8 Å². The van der Waals surface area contributed by atoms with Gasteiger partial charge < -0.3 is 15.8 Å². The molecule has 0 spiro atoms. The number of amides is 1. The Labute approximate surface area is 120 Å². The highest BCUT2D eigenvalue weighted by Gasteiger charge is 2.29. The number of aromatic nitrogens is 1. The van der Waals surface area contributed by atoms with Gasteiger partial charge in [0, 0.05) is 36.0 Å². The molecule has 1 aromatic heterocycles. The van der Waals surface area contributed by atoms with Crippen LogP contribution in [-0.2, 0) is 4.79 Å². The second-order valence-electron chi connectivity index (χ2n) is 4.96. The van der Waals surface area contributed by atoms with Gasteiger partial charge in [0.25, 0.3) is 0 Å². The van der Waals surface area contributed by atoms with Gasteiger partial charge in [0.05, 0.1) is 0 Å². The van der Waals surface area contributed by atoms with Crippen molar-refractivity contribution in [1.29, 1.82) is 0 Å². The van der Waals surface area contributed by atoms with E-state index in [9.17, 15) is 9.18 Å². The highest BCUT2D eigenvalue weighted by atomic mass is 19.1. The van der Waals surface area contributed by atoms with E-state index in [2.05, 4.69) is 10.3 Å². The summed E-state index contributed by atoms with van der Waals surface area (Å²) in [7, 11) is 0. The Morgan fingerprint density at radius 1 is 1.29 bits per heavy atom. The number of nitrogen functional groups attached to an aromatic ring is 1. The van der Waals surface area contributed by atoms with Gasteiger partial charge in [-0.1, -0.05) is 0 Å². The van der Waals surface area contributed by atoms with Crippen molar-refractivity contribution in [2.75, 3.05) is 11.1 Å². The lowest BCUT2D eigenvalue weighted by atomic mass is 10.3. The molecule has 0 saturated heterocycles. The number of nitrogens with one attached hydrogen (secondary N) is 1. The van der Waals surface area contributed by atoms with Crippen molar-refractivity contribution >= 4 is 17.4 Å². The van der Waals surface area contributed by atoms with Crippen LogP contribution in [0, 0.1) is 11.7 Å². The van der Waals surface area contributed by atoms with Gasteiger partial charge in [0.15, 0.2) is 0 Å². The standard InChI is InChI=1S/C15H14FN3O2/c16-10-5-11(17)7-13(6-10)21-12-3-4-18-14(8-12)19-15(20)9-1-2-9/h3-9H,1-2,17H2,(H,18,19,20). The van der Waals surface area contributed by atoms with Crippen molar-refractivity contribution in [2.24, 2.45) is 5.92 Å². The summed E-state index contributed by atoms with van der Waals surface area (Å²) in [6.45, 7) is 0. The summed E-state index contributed by atoms with van der Waals surface area (Å²) in [6.07, 6.45) is 3.36. The molecule has 5 nitrogen and oxygen atoms in total. The summed E-state index contributed by atoms with van der Waals surface area (Å²) in [5, 5.41) is 2.72. The van der Waals surface area contributed by atoms with E-state index in [0.29, 0.717) is 11.6 Å². The molecule has 21 heavy (non-hydrogen) atoms. The van der Waals surface area contributed by atoms with Gasteiger partial charge in [-0.3, -0.25) is 4.79 Å². The van der Waals surface area contributed by atoms with E-state index in [4.69, 9.17) is 10.5 Å². The molecule has 1 aliphatic carbocycles. The summed E-state index contributed by atoms with van der Waals surface area (Å²) in [4.78, 5) is 15.7. The van der Waals surface area contributed by atoms with Crippen LogP contribution in [0.1, 0.15) is 12.8 Å². The van der Waals surface area contributed by atoms with E-state index in [1.165, 1.54) is 24.4 Å². The van der Waals surface area contributed by atoms with E-state index in [1.807, 2.05) is 0 Å². The van der Waals surface area contributed by atoms with Crippen LogP contribution in [0.15, 0.2) is 36.5 Å². The molecule has 3 rings (SSSR count). The fourth-order valence-electron chi connectivity index (χ4n) is 1.90. The van der Waals surface area contributed by atoms with Gasteiger partial charge in [-0.25, -0.2) is 9.37 Å². The predicted molar refractivity (Wildman–Crippen MR) is 76.5 cm³/mol. The van der Waals surface area contributed by atoms with Crippen LogP contribution in [0.3, 0.4) is 0 Å². The Morgan fingerprint density at radius 3 is 2.81 bits per heavy atom. The molecule has 1 heterocycles. The molecule has 3 N–H and O–H groups in total. The number of carbonyl (C=O) groups excluding carboxylic acids is 1. The third kappa shape index (κ3) is 3.47. The molecule has 0 aliphatic heterocycles. The minimum absolute atomic E-state index is 0.0327. The topological polar surface area (TPSA) is 77.2 Å². The Hall–Kier alpha value is -2.63. The maximum atomic E-state index is 13.2. The van der Waals surface area contributed by atoms with Crippen LogP contribution in [0.4, 0.5) is 15.9 Å². The summed E-state index contributed by atoms with van der Waals surface area (Å²) in [5.74, 6) is 0.739. The molecule has 0 bridgehead atoms. The van der Waals surface area contributed by atoms with E-state index in [1.54, 1.807) is 12.1 Å². The molecule has 1 aliphatic rings. The second-order valence-corrected chi connectivity index (χ2v) is 4.96. The van der Waals surface area contributed by atoms with Crippen molar-refractivity contribution in [1.82, 2.24) is 4.98 Å². The van der Waals surface area contributed by atoms with Gasteiger partial charge in [0.1, 0.15) is 23.1 Å². The molecule has 1 amide bonds. The maximum Gasteiger partial charge on any atom is 0.228 e. The van der Waals surface area contributed by atoms with Crippen LogP contribution in [-0.4, -0.2) is 10.9 Å². The van der Waals surface area contributed by atoms with E-state index in [-0.39, 0.29) is 23.3 Å². The average Bonchev–Trinajstić information content (AvgIpc) is 3.21. The fourth-order valence-corrected chi connectivity index (χ4v) is 1.90. The number of hydrogen-bond acceptors (Lipinski definition) is 4. The normalized spacial score (nSPS) is 13.8. The predicted octanol–water partition coefficient (Wildman–Crippen LogP) is 2.94. The molecule has 1 fully saturated rings. The Bertz CT molecular complexity index is 666. The van der Waals surface area contributed by atoms with Crippen molar-refractivity contribution in [2.45, 2.75) is 12.8 Å². The van der Waals surface area contributed by atoms with Crippen LogP contribution in [0.5, 0.6) is 11.5 Å². The van der Waals surface area contributed by atoms with Crippen LogP contribution >= 0.6 is 0 Å². The van der Waals surface area contributed by atoms with E-state index >= 15 is 0 Å². The maximum absolute atomic E-state index is 13.2. The van der Waals surface area contributed by atoms with Gasteiger partial charge >= 0.3 is 0 Å². The molecular weight excluding hydrogens is 273 g/mol. The van der Waals surface area contributed by atoms with E-state index in [0.717, 1.165) is 12.8 Å². The van der Waals surface area contributed by atoms with Crippen molar-refractivity contribution < 1.29 is 13.9 Å². The number of benzene rings is 1. The number of nitrogens with zero attached hydrogens (tertiary/aromatic N) is 1. The number of carbonyl (C=O) groups is 1. The van der Waals surface area contributed by atoms with Gasteiger partial charge in [-0.15, -0.1) is 0 Å². The number of anilines is 2. The van der Waals surface area contributed by atoms with Gasteiger partial charge in [-0.2, -0.15) is 0 Å². The molecule has 1 aromatic carbocycles. The molecule has 2 aromatic rings. The summed E-state index contributed by atoms with van der Waals surface area (Å²) < 4.78 is 18.8. The monoisotopic (exact) mass is 287 g/mol. The smallest absolute Gasteiger partial charge is 0.228 e. The zero-order valence-corrected chi connectivity index (χ0v) is 11.2. The first-order chi connectivity index (χ1) is 10.1. The second kappa shape index (κ2) is 5.40. The van der Waals surface area contributed by atoms with Crippen molar-refractivity contribution in [3.8, 4) is 11.5 Å². The largest absolute Gasteiger partial charge is 0.457 e. The average molecular weight is 287 g/mol. The highest BCUT2D eigenvalue weighted by molar-refractivity contribution is 5.93. The fraction of sp³-hybridized carbons (Fsp3) is 0.200. The molecule has 1 saturated carbocycles. The van der Waals surface area contributed by atoms with Crippen molar-refractivity contribution in [3.05, 3.63) is 42.3 Å². The Morgan fingerprint density at radius 2 is 2.10 bits per heavy atom. The van der Waals surface area contributed by atoms with Crippen LogP contribution in [0.2, 0.25) is 0 Å². The number of nitrogens with two attached hydrogens (primary N) is 1. The van der Waals surface area contributed by atoms with E-state index < -0.39 is 5.82 Å². The number of rotatable bonds is 4. The quantitative estimate of drug-likeness (QED) is 0.847. The zero-order chi connectivity index (χ0) is 14.8. The van der Waals surface area contributed by atoms with Gasteiger partial charge in [0.2, 0.25) is 5.91 Å². The minimum Gasteiger partial charge on any atom is -0.457 e. The lowest BCUT2D eigenvalue weighted by molar-refractivity contribution is -0.117. The highest BCUT2D eigenvalue weighted by Crippen LogP contribution is 2.30. The molecular formula is C15H14FN3O2. The number of ether oxygens (including phenoxy) is 1. The summed E-state index contributed by atoms with van der Waals surface area (Å²) >= 11 is 0. The number of halogens is 1. The third-order valence-electron chi connectivity index (χ3n) is 3.06. The van der Waals surface area contributed by atoms with Crippen LogP contribution in [0.25, 0.3) is 0 Å². The Balaban J connectivity index is 1.74. The first-order valence-corrected chi connectivity index (χ1v) is 6.61. The minimum atomic E-state index is -0.471. The van der Waals surface area contributed by atoms with Crippen molar-refractivity contribution in [3.63, 3.8) is 0 Å². The molecule has 0 unspecified atom stereocenters. The number of pyridine rings is 1. The molecule has 6 heteroatoms. The molecule has 108 valence electrons. The first kappa shape index (κ1) is 13.4. The SMILES string of the molecule is Nc1cc(F)cc(Oc2ccnc(NC(=O)C3CC3)c2)c1. The molecule has 0 radical (unpaired) electrons.